The second-order valence-corrected chi connectivity index (χ2v) is 7.83. The molecule has 1 amide bonds. The van der Waals surface area contributed by atoms with Gasteiger partial charge < -0.3 is 15.5 Å². The van der Waals surface area contributed by atoms with Crippen molar-refractivity contribution < 1.29 is 9.59 Å². The van der Waals surface area contributed by atoms with Gasteiger partial charge in [0.1, 0.15) is 0 Å². The summed E-state index contributed by atoms with van der Waals surface area (Å²) in [7, 11) is 1.90. The highest BCUT2D eigenvalue weighted by molar-refractivity contribution is 6.38. The fourth-order valence-electron chi connectivity index (χ4n) is 3.40. The van der Waals surface area contributed by atoms with Crippen LogP contribution in [0, 0.1) is 5.92 Å². The number of aromatic nitrogens is 1. The number of pyridine rings is 1. The molecule has 28 heavy (non-hydrogen) atoms. The lowest BCUT2D eigenvalue weighted by Crippen LogP contribution is -2.35. The molecule has 6 nitrogen and oxygen atoms in total. The molecule has 0 spiro atoms. The third kappa shape index (κ3) is 4.80. The van der Waals surface area contributed by atoms with E-state index in [1.165, 1.54) is 12.8 Å². The lowest BCUT2D eigenvalue weighted by atomic mass is 10.1. The number of aldehydes is 1. The van der Waals surface area contributed by atoms with E-state index in [0.717, 1.165) is 42.3 Å². The Balaban J connectivity index is 1.81. The summed E-state index contributed by atoms with van der Waals surface area (Å²) in [6, 6.07) is 1.56. The number of hydrogen-bond donors (Lipinski definition) is 2. The molecular weight excluding hydrogens is 376 g/mol. The first-order valence-electron chi connectivity index (χ1n) is 9.73. The van der Waals surface area contributed by atoms with E-state index in [9.17, 15) is 9.59 Å². The summed E-state index contributed by atoms with van der Waals surface area (Å²) in [6.45, 7) is 4.17. The van der Waals surface area contributed by atoms with Crippen molar-refractivity contribution in [1.82, 2.24) is 20.5 Å². The molecule has 1 aromatic heterocycles. The van der Waals surface area contributed by atoms with Crippen molar-refractivity contribution in [3.63, 3.8) is 0 Å². The Labute approximate surface area is 171 Å². The molecule has 1 aliphatic heterocycles. The Bertz CT molecular complexity index is 802. The van der Waals surface area contributed by atoms with E-state index >= 15 is 0 Å². The zero-order chi connectivity index (χ0) is 20.1. The minimum Gasteiger partial charge on any atom is -0.390 e. The molecule has 1 fully saturated rings. The minimum absolute atomic E-state index is 0.0145. The monoisotopic (exact) mass is 402 g/mol. The van der Waals surface area contributed by atoms with Crippen molar-refractivity contribution in [2.75, 3.05) is 20.1 Å². The molecule has 1 saturated carbocycles. The number of amides is 1. The van der Waals surface area contributed by atoms with Crippen molar-refractivity contribution in [3.8, 4) is 0 Å². The van der Waals surface area contributed by atoms with Gasteiger partial charge in [-0.25, -0.2) is 0 Å². The van der Waals surface area contributed by atoms with Crippen LogP contribution in [0.5, 0.6) is 0 Å². The van der Waals surface area contributed by atoms with Crippen LogP contribution in [0.25, 0.3) is 0 Å². The maximum Gasteiger partial charge on any atom is 0.255 e. The Hall–Kier alpha value is -2.18. The van der Waals surface area contributed by atoms with E-state index in [0.29, 0.717) is 18.4 Å². The van der Waals surface area contributed by atoms with Crippen LogP contribution in [0.15, 0.2) is 35.1 Å². The quantitative estimate of drug-likeness (QED) is 0.357. The van der Waals surface area contributed by atoms with E-state index < -0.39 is 0 Å². The van der Waals surface area contributed by atoms with Gasteiger partial charge in [0.2, 0.25) is 0 Å². The van der Waals surface area contributed by atoms with Crippen molar-refractivity contribution in [2.24, 2.45) is 5.92 Å². The number of carbonyl (C=O) groups is 2. The zero-order valence-electron chi connectivity index (χ0n) is 16.4. The number of rotatable bonds is 10. The predicted molar refractivity (Wildman–Crippen MR) is 110 cm³/mol. The highest BCUT2D eigenvalue weighted by atomic mass is 35.5. The van der Waals surface area contributed by atoms with E-state index in [2.05, 4.69) is 15.6 Å². The van der Waals surface area contributed by atoms with Gasteiger partial charge in [0.15, 0.2) is 6.29 Å². The summed E-state index contributed by atoms with van der Waals surface area (Å²) in [6.07, 6.45) is 9.10. The molecule has 1 unspecified atom stereocenters. The maximum absolute atomic E-state index is 13.0. The van der Waals surface area contributed by atoms with Gasteiger partial charge in [-0.05, 0) is 50.4 Å². The van der Waals surface area contributed by atoms with E-state index in [4.69, 9.17) is 11.6 Å². The molecule has 1 aromatic rings. The molecule has 1 atom stereocenters. The first-order valence-corrected chi connectivity index (χ1v) is 10.1. The SMILES string of the molecule is CNCCc1nccc2c1CN(C(C)C(C=C(Cl)C=O)=CNCC1CC1)C2=O. The molecule has 2 N–H and O–H groups in total. The van der Waals surface area contributed by atoms with Gasteiger partial charge in [-0.3, -0.25) is 14.6 Å². The number of fused-ring (bicyclic) bond motifs is 1. The molecule has 0 aromatic carbocycles. The van der Waals surface area contributed by atoms with Crippen molar-refractivity contribution in [3.05, 3.63) is 52.0 Å². The van der Waals surface area contributed by atoms with Crippen molar-refractivity contribution in [1.29, 1.82) is 0 Å². The topological polar surface area (TPSA) is 74.3 Å². The average Bonchev–Trinajstić information content (AvgIpc) is 3.47. The fraction of sp³-hybridized carbons (Fsp3) is 0.476. The van der Waals surface area contributed by atoms with Crippen LogP contribution in [0.3, 0.4) is 0 Å². The van der Waals surface area contributed by atoms with Crippen LogP contribution in [0.2, 0.25) is 0 Å². The van der Waals surface area contributed by atoms with Crippen LogP contribution >= 0.6 is 11.6 Å². The van der Waals surface area contributed by atoms with Crippen LogP contribution in [-0.2, 0) is 17.8 Å². The number of allylic oxidation sites excluding steroid dienone is 1. The van der Waals surface area contributed by atoms with Crippen LogP contribution in [0.1, 0.15) is 41.4 Å². The highest BCUT2D eigenvalue weighted by Gasteiger charge is 2.33. The Morgan fingerprint density at radius 1 is 1.46 bits per heavy atom. The number of likely N-dealkylation sites (N-methyl/N-ethyl adjacent to an activating group) is 1. The minimum atomic E-state index is -0.225. The van der Waals surface area contributed by atoms with Gasteiger partial charge in [0, 0.05) is 55.3 Å². The molecule has 150 valence electrons. The largest absolute Gasteiger partial charge is 0.390 e. The standard InChI is InChI=1S/C21H27ClN4O2/c1-14(16(9-17(22)13-27)11-24-10-15-3-4-15)26-12-19-18(21(26)28)5-8-25-20(19)6-7-23-2/h5,8-9,11,13-15,23-24H,3-4,6-7,10,12H2,1-2H3. The smallest absolute Gasteiger partial charge is 0.255 e. The first kappa shape index (κ1) is 20.6. The van der Waals surface area contributed by atoms with Gasteiger partial charge in [-0.2, -0.15) is 0 Å². The Morgan fingerprint density at radius 2 is 2.25 bits per heavy atom. The van der Waals surface area contributed by atoms with Gasteiger partial charge in [-0.1, -0.05) is 11.6 Å². The lowest BCUT2D eigenvalue weighted by molar-refractivity contribution is -0.104. The lowest BCUT2D eigenvalue weighted by Gasteiger charge is -2.26. The van der Waals surface area contributed by atoms with Gasteiger partial charge in [-0.15, -0.1) is 0 Å². The molecule has 0 saturated heterocycles. The number of carbonyl (C=O) groups excluding carboxylic acids is 2. The number of nitrogens with zero attached hydrogens (tertiary/aromatic N) is 2. The summed E-state index contributed by atoms with van der Waals surface area (Å²) < 4.78 is 0. The van der Waals surface area contributed by atoms with Crippen molar-refractivity contribution in [2.45, 2.75) is 38.8 Å². The van der Waals surface area contributed by atoms with Crippen LogP contribution in [0.4, 0.5) is 0 Å². The number of halogens is 1. The average molecular weight is 403 g/mol. The third-order valence-corrected chi connectivity index (χ3v) is 5.51. The predicted octanol–water partition coefficient (Wildman–Crippen LogP) is 2.39. The van der Waals surface area contributed by atoms with Crippen LogP contribution < -0.4 is 10.6 Å². The third-order valence-electron chi connectivity index (χ3n) is 5.32. The normalized spacial score (nSPS) is 18.2. The summed E-state index contributed by atoms with van der Waals surface area (Å²) >= 11 is 5.98. The second-order valence-electron chi connectivity index (χ2n) is 7.39. The number of nitrogens with one attached hydrogen (secondary N) is 2. The summed E-state index contributed by atoms with van der Waals surface area (Å²) in [5.74, 6) is 0.705. The van der Waals surface area contributed by atoms with Crippen LogP contribution in [-0.4, -0.2) is 48.3 Å². The molecule has 2 aliphatic rings. The molecule has 0 radical (unpaired) electrons. The zero-order valence-corrected chi connectivity index (χ0v) is 17.1. The molecule has 0 bridgehead atoms. The highest BCUT2D eigenvalue weighted by Crippen LogP contribution is 2.30. The Morgan fingerprint density at radius 3 is 2.93 bits per heavy atom. The van der Waals surface area contributed by atoms with E-state index in [1.54, 1.807) is 18.3 Å². The van der Waals surface area contributed by atoms with Crippen molar-refractivity contribution >= 4 is 23.8 Å². The molecule has 7 heteroatoms. The molecule has 1 aliphatic carbocycles. The second kappa shape index (κ2) is 9.34. The maximum atomic E-state index is 13.0. The summed E-state index contributed by atoms with van der Waals surface area (Å²) in [5, 5.41) is 6.56. The fourth-order valence-corrected chi connectivity index (χ4v) is 3.53. The molecular formula is C21H27ClN4O2. The van der Waals surface area contributed by atoms with Gasteiger partial charge >= 0.3 is 0 Å². The molecule has 2 heterocycles. The summed E-state index contributed by atoms with van der Waals surface area (Å²) in [4.78, 5) is 30.3. The first-order chi connectivity index (χ1) is 13.5. The number of hydrogen-bond acceptors (Lipinski definition) is 5. The van der Waals surface area contributed by atoms with Gasteiger partial charge in [0.05, 0.1) is 11.1 Å². The summed E-state index contributed by atoms with van der Waals surface area (Å²) in [5.41, 5.74) is 3.46. The van der Waals surface area contributed by atoms with E-state index in [-0.39, 0.29) is 17.0 Å². The van der Waals surface area contributed by atoms with Gasteiger partial charge in [0.25, 0.3) is 5.91 Å². The van der Waals surface area contributed by atoms with E-state index in [1.807, 2.05) is 25.1 Å². The molecule has 3 rings (SSSR count). The Kier molecular flexibility index (Phi) is 6.86.